The van der Waals surface area contributed by atoms with Gasteiger partial charge in [-0.25, -0.2) is 4.79 Å². The normalized spacial score (nSPS) is 15.5. The van der Waals surface area contributed by atoms with Gasteiger partial charge >= 0.3 is 5.97 Å². The highest BCUT2D eigenvalue weighted by Crippen LogP contribution is 2.32. The first kappa shape index (κ1) is 20.5. The van der Waals surface area contributed by atoms with Crippen molar-refractivity contribution in [2.75, 3.05) is 25.0 Å². The van der Waals surface area contributed by atoms with Crippen LogP contribution < -0.4 is 5.32 Å². The van der Waals surface area contributed by atoms with Crippen molar-refractivity contribution in [1.82, 2.24) is 9.88 Å². The zero-order valence-corrected chi connectivity index (χ0v) is 17.9. The second-order valence-electron chi connectivity index (χ2n) is 8.61. The third-order valence-electron chi connectivity index (χ3n) is 6.26. The number of hydrogen-bond donors (Lipinski definition) is 3. The molecular weight excluding hydrogens is 374 g/mol. The molecule has 0 radical (unpaired) electrons. The van der Waals surface area contributed by atoms with Gasteiger partial charge in [0.25, 0.3) is 0 Å². The van der Waals surface area contributed by atoms with E-state index in [1.54, 1.807) is 0 Å². The van der Waals surface area contributed by atoms with Crippen molar-refractivity contribution in [3.05, 3.63) is 64.8 Å². The van der Waals surface area contributed by atoms with E-state index in [0.717, 1.165) is 60.3 Å². The molecule has 1 aliphatic heterocycles. The molecule has 0 spiro atoms. The lowest BCUT2D eigenvalue weighted by atomic mass is 9.93. The van der Waals surface area contributed by atoms with E-state index in [2.05, 4.69) is 51.6 Å². The van der Waals surface area contributed by atoms with Gasteiger partial charge < -0.3 is 15.4 Å². The molecule has 30 heavy (non-hydrogen) atoms. The molecule has 3 aromatic rings. The first-order valence-corrected chi connectivity index (χ1v) is 10.9. The number of carboxylic acid groups (broad SMARTS) is 1. The summed E-state index contributed by atoms with van der Waals surface area (Å²) in [6.45, 7) is 8.16. The first-order chi connectivity index (χ1) is 14.5. The lowest BCUT2D eigenvalue weighted by molar-refractivity contribution is 0.0692. The van der Waals surface area contributed by atoms with E-state index in [1.165, 1.54) is 18.4 Å². The number of fused-ring (bicyclic) bond motifs is 1. The van der Waals surface area contributed by atoms with Crippen LogP contribution in [0.3, 0.4) is 0 Å². The van der Waals surface area contributed by atoms with Gasteiger partial charge in [-0.15, -0.1) is 0 Å². The molecule has 4 rings (SSSR count). The number of hydrogen-bond acceptors (Lipinski definition) is 3. The molecule has 1 aliphatic rings. The second kappa shape index (κ2) is 8.92. The van der Waals surface area contributed by atoms with Crippen LogP contribution in [0, 0.1) is 19.8 Å². The smallest absolute Gasteiger partial charge is 0.354 e. The third kappa shape index (κ3) is 4.51. The number of anilines is 1. The van der Waals surface area contributed by atoms with Gasteiger partial charge in [0, 0.05) is 24.0 Å². The zero-order chi connectivity index (χ0) is 21.1. The number of benzene rings is 2. The molecule has 0 saturated carbocycles. The van der Waals surface area contributed by atoms with Crippen LogP contribution in [0.5, 0.6) is 0 Å². The number of carboxylic acids is 1. The predicted octanol–water partition coefficient (Wildman–Crippen LogP) is 5.20. The Labute approximate surface area is 178 Å². The minimum absolute atomic E-state index is 0.261. The minimum atomic E-state index is -0.917. The minimum Gasteiger partial charge on any atom is -0.477 e. The number of rotatable bonds is 7. The zero-order valence-electron chi connectivity index (χ0n) is 17.9. The lowest BCUT2D eigenvalue weighted by Gasteiger charge is -2.32. The fourth-order valence-electron chi connectivity index (χ4n) is 4.73. The molecule has 0 aliphatic carbocycles. The van der Waals surface area contributed by atoms with Crippen molar-refractivity contribution in [2.45, 2.75) is 39.7 Å². The Morgan fingerprint density at radius 1 is 1.17 bits per heavy atom. The molecule has 0 amide bonds. The molecule has 5 nitrogen and oxygen atoms in total. The number of likely N-dealkylation sites (tertiary alicyclic amines) is 1. The Balaban J connectivity index is 1.34. The van der Waals surface area contributed by atoms with E-state index in [-0.39, 0.29) is 5.69 Å². The topological polar surface area (TPSA) is 68.4 Å². The van der Waals surface area contributed by atoms with E-state index >= 15 is 0 Å². The maximum Gasteiger partial charge on any atom is 0.354 e. The molecule has 1 fully saturated rings. The monoisotopic (exact) mass is 405 g/mol. The number of nitrogens with zero attached hydrogens (tertiary/aromatic N) is 1. The van der Waals surface area contributed by atoms with E-state index in [1.807, 2.05) is 19.9 Å². The van der Waals surface area contributed by atoms with Gasteiger partial charge in [-0.3, -0.25) is 4.90 Å². The molecule has 5 heteroatoms. The summed E-state index contributed by atoms with van der Waals surface area (Å²) in [5.74, 6) is -0.230. The van der Waals surface area contributed by atoms with Crippen LogP contribution in [-0.4, -0.2) is 40.6 Å². The largest absolute Gasteiger partial charge is 0.477 e. The van der Waals surface area contributed by atoms with Gasteiger partial charge in [0.2, 0.25) is 0 Å². The summed E-state index contributed by atoms with van der Waals surface area (Å²) >= 11 is 0. The van der Waals surface area contributed by atoms with E-state index in [4.69, 9.17) is 0 Å². The number of carbonyl (C=O) groups is 1. The van der Waals surface area contributed by atoms with Crippen LogP contribution in [0.15, 0.2) is 42.5 Å². The number of aromatic nitrogens is 1. The summed E-state index contributed by atoms with van der Waals surface area (Å²) in [6.07, 6.45) is 3.47. The molecule has 3 N–H and O–H groups in total. The molecule has 1 aromatic heterocycles. The molecule has 0 atom stereocenters. The molecule has 2 aromatic carbocycles. The van der Waals surface area contributed by atoms with Crippen LogP contribution in [-0.2, 0) is 6.54 Å². The van der Waals surface area contributed by atoms with Gasteiger partial charge in [-0.05, 0) is 74.9 Å². The fourth-order valence-corrected chi connectivity index (χ4v) is 4.73. The van der Waals surface area contributed by atoms with Crippen molar-refractivity contribution in [3.8, 4) is 0 Å². The highest BCUT2D eigenvalue weighted by Gasteiger charge is 2.21. The summed E-state index contributed by atoms with van der Waals surface area (Å²) in [4.78, 5) is 17.4. The van der Waals surface area contributed by atoms with Gasteiger partial charge in [-0.1, -0.05) is 36.4 Å². The summed E-state index contributed by atoms with van der Waals surface area (Å²) in [7, 11) is 0. The highest BCUT2D eigenvalue weighted by molar-refractivity contribution is 6.07. The van der Waals surface area contributed by atoms with E-state index < -0.39 is 5.97 Å². The highest BCUT2D eigenvalue weighted by atomic mass is 16.4. The average molecular weight is 406 g/mol. The second-order valence-corrected chi connectivity index (χ2v) is 8.61. The summed E-state index contributed by atoms with van der Waals surface area (Å²) < 4.78 is 0. The first-order valence-electron chi connectivity index (χ1n) is 10.9. The van der Waals surface area contributed by atoms with E-state index in [0.29, 0.717) is 5.92 Å². The Morgan fingerprint density at radius 2 is 1.90 bits per heavy atom. The number of piperidine rings is 1. The van der Waals surface area contributed by atoms with Crippen LogP contribution in [0.2, 0.25) is 0 Å². The number of aromatic carboxylic acids is 1. The molecule has 0 bridgehead atoms. The van der Waals surface area contributed by atoms with Gasteiger partial charge in [-0.2, -0.15) is 0 Å². The summed E-state index contributed by atoms with van der Waals surface area (Å²) in [5.41, 5.74) is 5.50. The Morgan fingerprint density at radius 3 is 2.60 bits per heavy atom. The van der Waals surface area contributed by atoms with Crippen molar-refractivity contribution in [1.29, 1.82) is 0 Å². The van der Waals surface area contributed by atoms with Gasteiger partial charge in [0.1, 0.15) is 5.69 Å². The number of aryl methyl sites for hydroxylation is 2. The molecule has 0 unspecified atom stereocenters. The van der Waals surface area contributed by atoms with Gasteiger partial charge in [0.15, 0.2) is 0 Å². The lowest BCUT2D eigenvalue weighted by Crippen LogP contribution is -2.33. The van der Waals surface area contributed by atoms with Crippen molar-refractivity contribution in [2.24, 2.45) is 5.92 Å². The van der Waals surface area contributed by atoms with Crippen LogP contribution >= 0.6 is 0 Å². The standard InChI is InChI=1S/C25H31N3O2/c1-17-14-18(2)22-21(15-17)27-24(25(29)30)23(22)26-11-8-19-9-12-28(13-10-19)16-20-6-4-3-5-7-20/h3-7,14-15,19,26-27H,8-13,16H2,1-2H3,(H,29,30). The predicted molar refractivity (Wildman–Crippen MR) is 122 cm³/mol. The van der Waals surface area contributed by atoms with E-state index in [9.17, 15) is 9.90 Å². The quantitative estimate of drug-likeness (QED) is 0.505. The van der Waals surface area contributed by atoms with Crippen molar-refractivity contribution >= 4 is 22.6 Å². The third-order valence-corrected chi connectivity index (χ3v) is 6.26. The molecular formula is C25H31N3O2. The molecule has 158 valence electrons. The average Bonchev–Trinajstić information content (AvgIpc) is 3.09. The number of H-pyrrole nitrogens is 1. The van der Waals surface area contributed by atoms with Crippen molar-refractivity contribution in [3.63, 3.8) is 0 Å². The Kier molecular flexibility index (Phi) is 6.09. The number of nitrogens with one attached hydrogen (secondary N) is 2. The molecule has 1 saturated heterocycles. The molecule has 2 heterocycles. The van der Waals surface area contributed by atoms with Crippen LogP contribution in [0.25, 0.3) is 10.9 Å². The SMILES string of the molecule is Cc1cc(C)c2c(NCCC3CCN(Cc4ccccc4)CC3)c(C(=O)O)[nH]c2c1. The summed E-state index contributed by atoms with van der Waals surface area (Å²) in [6, 6.07) is 14.8. The maximum atomic E-state index is 11.8. The Hall–Kier alpha value is -2.79. The summed E-state index contributed by atoms with van der Waals surface area (Å²) in [5, 5.41) is 14.1. The van der Waals surface area contributed by atoms with Crippen molar-refractivity contribution < 1.29 is 9.90 Å². The maximum absolute atomic E-state index is 11.8. The van der Waals surface area contributed by atoms with Crippen LogP contribution in [0.1, 0.15) is 46.4 Å². The van der Waals surface area contributed by atoms with Gasteiger partial charge in [0.05, 0.1) is 5.69 Å². The Bertz CT molecular complexity index is 1020. The fraction of sp³-hybridized carbons (Fsp3) is 0.400. The number of aromatic amines is 1. The van der Waals surface area contributed by atoms with Crippen LogP contribution in [0.4, 0.5) is 5.69 Å².